The molecule has 0 saturated carbocycles. The largest absolute Gasteiger partial charge is 0.480 e. The average molecular weight is 378 g/mol. The number of rotatable bonds is 10. The maximum Gasteiger partial charge on any atom is 0.326 e. The molecule has 0 aliphatic carbocycles. The molecule has 1 rings (SSSR count). The van der Waals surface area contributed by atoms with E-state index >= 15 is 0 Å². The van der Waals surface area contributed by atoms with E-state index < -0.39 is 35.8 Å². The topological polar surface area (TPSA) is 133 Å². The van der Waals surface area contributed by atoms with E-state index in [9.17, 15) is 29.4 Å². The molecule has 0 radical (unpaired) electrons. The van der Waals surface area contributed by atoms with Crippen molar-refractivity contribution >= 4 is 23.8 Å². The van der Waals surface area contributed by atoms with Gasteiger partial charge in [0.2, 0.25) is 11.8 Å². The molecule has 8 nitrogen and oxygen atoms in total. The van der Waals surface area contributed by atoms with Crippen molar-refractivity contribution in [3.63, 3.8) is 0 Å². The second-order valence-electron chi connectivity index (χ2n) is 6.88. The van der Waals surface area contributed by atoms with Crippen LogP contribution in [-0.2, 0) is 32.0 Å². The van der Waals surface area contributed by atoms with Crippen LogP contribution in [0.2, 0.25) is 0 Å². The zero-order valence-electron chi connectivity index (χ0n) is 15.7. The minimum Gasteiger partial charge on any atom is -0.480 e. The van der Waals surface area contributed by atoms with Crippen LogP contribution in [0.4, 0.5) is 0 Å². The Morgan fingerprint density at radius 1 is 0.963 bits per heavy atom. The Balaban J connectivity index is 2.77. The summed E-state index contributed by atoms with van der Waals surface area (Å²) in [4.78, 5) is 45.8. The Labute approximate surface area is 158 Å². The number of amides is 2. The van der Waals surface area contributed by atoms with Gasteiger partial charge in [0, 0.05) is 13.3 Å². The third-order valence-corrected chi connectivity index (χ3v) is 3.81. The minimum atomic E-state index is -1.15. The minimum absolute atomic E-state index is 0.0202. The molecule has 0 unspecified atom stereocenters. The molecule has 0 aromatic heterocycles. The van der Waals surface area contributed by atoms with Gasteiger partial charge in [0.15, 0.2) is 0 Å². The van der Waals surface area contributed by atoms with Gasteiger partial charge in [0.05, 0.1) is 6.42 Å². The van der Waals surface area contributed by atoms with Crippen molar-refractivity contribution in [2.45, 2.75) is 52.1 Å². The van der Waals surface area contributed by atoms with Crippen LogP contribution in [-0.4, -0.2) is 46.0 Å². The van der Waals surface area contributed by atoms with E-state index in [4.69, 9.17) is 0 Å². The molecule has 8 heteroatoms. The molecule has 0 heterocycles. The first kappa shape index (κ1) is 22.1. The first-order valence-corrected chi connectivity index (χ1v) is 8.68. The Morgan fingerprint density at radius 3 is 2.07 bits per heavy atom. The van der Waals surface area contributed by atoms with Gasteiger partial charge in [-0.3, -0.25) is 9.59 Å². The highest BCUT2D eigenvalue weighted by Crippen LogP contribution is 2.10. The average Bonchev–Trinajstić information content (AvgIpc) is 2.52. The summed E-state index contributed by atoms with van der Waals surface area (Å²) in [6, 6.07) is 4.77. The standard InChI is InChI=1S/C19H26N2O6/c1-11(2)7-15(18(24)25)21-17(23)10-14-6-4-5-13(8-14)9-16(19(26)27)20-12(3)22/h4-6,8,11,15-16H,7,9-10H2,1-3H3,(H,20,22)(H,21,23)(H,24,25)(H,26,27)/t15-,16-/m0/s1. The fourth-order valence-corrected chi connectivity index (χ4v) is 2.67. The maximum absolute atomic E-state index is 12.2. The quantitative estimate of drug-likeness (QED) is 0.480. The lowest BCUT2D eigenvalue weighted by Gasteiger charge is -2.17. The molecule has 0 saturated heterocycles. The summed E-state index contributed by atoms with van der Waals surface area (Å²) < 4.78 is 0. The second kappa shape index (κ2) is 10.3. The van der Waals surface area contributed by atoms with Gasteiger partial charge in [0.25, 0.3) is 0 Å². The van der Waals surface area contributed by atoms with Crippen molar-refractivity contribution in [1.82, 2.24) is 10.6 Å². The Bertz CT molecular complexity index is 701. The molecule has 2 amide bonds. The van der Waals surface area contributed by atoms with Gasteiger partial charge >= 0.3 is 11.9 Å². The summed E-state index contributed by atoms with van der Waals surface area (Å²) in [5, 5.41) is 23.3. The van der Waals surface area contributed by atoms with Crippen LogP contribution in [0, 0.1) is 5.92 Å². The first-order valence-electron chi connectivity index (χ1n) is 8.68. The number of aliphatic carboxylic acids is 2. The highest BCUT2D eigenvalue weighted by atomic mass is 16.4. The van der Waals surface area contributed by atoms with Crippen molar-refractivity contribution in [1.29, 1.82) is 0 Å². The van der Waals surface area contributed by atoms with Crippen molar-refractivity contribution < 1.29 is 29.4 Å². The molecule has 2 atom stereocenters. The molecule has 0 aliphatic rings. The number of nitrogens with one attached hydrogen (secondary N) is 2. The Morgan fingerprint density at radius 2 is 1.56 bits per heavy atom. The van der Waals surface area contributed by atoms with E-state index in [1.807, 2.05) is 13.8 Å². The number of carboxylic acid groups (broad SMARTS) is 2. The number of benzene rings is 1. The van der Waals surface area contributed by atoms with Crippen LogP contribution in [0.25, 0.3) is 0 Å². The zero-order chi connectivity index (χ0) is 20.6. The van der Waals surface area contributed by atoms with E-state index in [-0.39, 0.29) is 18.8 Å². The molecule has 0 bridgehead atoms. The van der Waals surface area contributed by atoms with E-state index in [2.05, 4.69) is 10.6 Å². The molecular formula is C19H26N2O6. The summed E-state index contributed by atoms with van der Waals surface area (Å²) >= 11 is 0. The van der Waals surface area contributed by atoms with Crippen molar-refractivity contribution in [2.75, 3.05) is 0 Å². The molecule has 0 spiro atoms. The third kappa shape index (κ3) is 8.35. The smallest absolute Gasteiger partial charge is 0.326 e. The highest BCUT2D eigenvalue weighted by molar-refractivity contribution is 5.85. The van der Waals surface area contributed by atoms with Gasteiger partial charge in [-0.1, -0.05) is 38.1 Å². The zero-order valence-corrected chi connectivity index (χ0v) is 15.7. The van der Waals surface area contributed by atoms with E-state index in [1.54, 1.807) is 24.3 Å². The van der Waals surface area contributed by atoms with Gasteiger partial charge in [-0.2, -0.15) is 0 Å². The molecule has 1 aromatic rings. The van der Waals surface area contributed by atoms with Crippen LogP contribution < -0.4 is 10.6 Å². The number of carboxylic acids is 2. The molecule has 0 fully saturated rings. The van der Waals surface area contributed by atoms with Gasteiger partial charge in [0.1, 0.15) is 12.1 Å². The summed E-state index contributed by atoms with van der Waals surface area (Å²) in [5.74, 6) is -2.96. The van der Waals surface area contributed by atoms with Gasteiger partial charge in [-0.25, -0.2) is 9.59 Å². The number of carbonyl (C=O) groups excluding carboxylic acids is 2. The SMILES string of the molecule is CC(=O)N[C@@H](Cc1cccc(CC(=O)N[C@@H](CC(C)C)C(=O)O)c1)C(=O)O. The number of hydrogen-bond acceptors (Lipinski definition) is 4. The molecular weight excluding hydrogens is 352 g/mol. The van der Waals surface area contributed by atoms with Crippen molar-refractivity contribution in [2.24, 2.45) is 5.92 Å². The van der Waals surface area contributed by atoms with E-state index in [0.717, 1.165) is 0 Å². The third-order valence-electron chi connectivity index (χ3n) is 3.81. The van der Waals surface area contributed by atoms with Gasteiger partial charge in [-0.15, -0.1) is 0 Å². The molecule has 4 N–H and O–H groups in total. The lowest BCUT2D eigenvalue weighted by atomic mass is 10.0. The Hall–Kier alpha value is -2.90. The molecule has 0 aliphatic heterocycles. The lowest BCUT2D eigenvalue weighted by molar-refractivity contribution is -0.142. The fourth-order valence-electron chi connectivity index (χ4n) is 2.67. The first-order chi connectivity index (χ1) is 12.6. The summed E-state index contributed by atoms with van der Waals surface area (Å²) in [6.07, 6.45) is 0.390. The van der Waals surface area contributed by atoms with Gasteiger partial charge < -0.3 is 20.8 Å². The summed E-state index contributed by atoms with van der Waals surface area (Å²) in [6.45, 7) is 4.99. The van der Waals surface area contributed by atoms with E-state index in [0.29, 0.717) is 17.5 Å². The van der Waals surface area contributed by atoms with Crippen LogP contribution in [0.5, 0.6) is 0 Å². The second-order valence-corrected chi connectivity index (χ2v) is 6.88. The normalized spacial score (nSPS) is 12.9. The Kier molecular flexibility index (Phi) is 8.44. The highest BCUT2D eigenvalue weighted by Gasteiger charge is 2.22. The number of hydrogen-bond donors (Lipinski definition) is 4. The van der Waals surface area contributed by atoms with E-state index in [1.165, 1.54) is 6.92 Å². The lowest BCUT2D eigenvalue weighted by Crippen LogP contribution is -2.42. The van der Waals surface area contributed by atoms with Crippen LogP contribution in [0.3, 0.4) is 0 Å². The van der Waals surface area contributed by atoms with Gasteiger partial charge in [-0.05, 0) is 23.5 Å². The fraction of sp³-hybridized carbons (Fsp3) is 0.474. The van der Waals surface area contributed by atoms with Crippen LogP contribution in [0.15, 0.2) is 24.3 Å². The molecule has 27 heavy (non-hydrogen) atoms. The maximum atomic E-state index is 12.2. The van der Waals surface area contributed by atoms with Crippen molar-refractivity contribution in [3.05, 3.63) is 35.4 Å². The molecule has 148 valence electrons. The number of carbonyl (C=O) groups is 4. The molecule has 1 aromatic carbocycles. The van der Waals surface area contributed by atoms with Crippen molar-refractivity contribution in [3.8, 4) is 0 Å². The monoisotopic (exact) mass is 378 g/mol. The predicted molar refractivity (Wildman–Crippen MR) is 98.1 cm³/mol. The predicted octanol–water partition coefficient (Wildman–Crippen LogP) is 0.976. The summed E-state index contributed by atoms with van der Waals surface area (Å²) in [5.41, 5.74) is 1.28. The van der Waals surface area contributed by atoms with Crippen LogP contribution in [0.1, 0.15) is 38.3 Å². The van der Waals surface area contributed by atoms with Crippen LogP contribution >= 0.6 is 0 Å². The summed E-state index contributed by atoms with van der Waals surface area (Å²) in [7, 11) is 0.